The van der Waals surface area contributed by atoms with Crippen molar-refractivity contribution < 1.29 is 89.2 Å². The van der Waals surface area contributed by atoms with Crippen LogP contribution in [-0.2, 0) is 69.6 Å². The van der Waals surface area contributed by atoms with Gasteiger partial charge in [-0.15, -0.1) is 11.8 Å². The SMILES string of the molecule is C=P(O)(OC)OCC1OCCC1OP(=C)(O)OCCCCCCCC(=O)C1CCC(CN2C(=O)C=CC2=O)CC1.C=P(O)(OCCCCCCSC1CC(=O)N(CC)C1=O)OCC1OCCC1OP(=C)(O)OC.CCCCCCCCCCCCCCCCCCCCCCCCCCCCCCCCCCCCCCCCC.S.S. The highest BCUT2D eigenvalue weighted by atomic mass is 32.2. The van der Waals surface area contributed by atoms with Crippen LogP contribution < -0.4 is 0 Å². The number of carbonyl (C=O) groups excluding carboxylic acids is 5. The van der Waals surface area contributed by atoms with Gasteiger partial charge >= 0.3 is 0 Å². The van der Waals surface area contributed by atoms with E-state index in [0.717, 1.165) is 89.2 Å². The maximum Gasteiger partial charge on any atom is 0.253 e. The van der Waals surface area contributed by atoms with Gasteiger partial charge in [0.15, 0.2) is 0 Å². The molecule has 5 rings (SSSR count). The van der Waals surface area contributed by atoms with Crippen molar-refractivity contribution in [3.05, 3.63) is 12.2 Å². The van der Waals surface area contributed by atoms with Gasteiger partial charge in [-0.3, -0.25) is 33.8 Å². The minimum absolute atomic E-state index is 0. The third-order valence-electron chi connectivity index (χ3n) is 22.7. The molecule has 1 saturated carbocycles. The van der Waals surface area contributed by atoms with E-state index >= 15 is 0 Å². The van der Waals surface area contributed by atoms with E-state index in [9.17, 15) is 43.5 Å². The molecule has 0 radical (unpaired) electrons. The quantitative estimate of drug-likeness (QED) is 0.0250. The number of thioether (sulfide) groups is 1. The number of hydrogen-bond donors (Lipinski definition) is 4. The molecule has 116 heavy (non-hydrogen) atoms. The van der Waals surface area contributed by atoms with Gasteiger partial charge in [-0.2, -0.15) is 27.0 Å². The first-order chi connectivity index (χ1) is 55.0. The number of carbonyl (C=O) groups is 5. The van der Waals surface area contributed by atoms with E-state index in [1.165, 1.54) is 287 Å². The summed E-state index contributed by atoms with van der Waals surface area (Å²) in [6.07, 6.45) is 86.4. The fraction of sp³-hybridized carbons (Fsp3) is 0.875. The number of nitrogens with zero attached hydrogens (tertiary/aromatic N) is 2. The van der Waals surface area contributed by atoms with E-state index < -0.39 is 54.7 Å². The molecular formula is C88H170N2O19P4S3. The Balaban J connectivity index is 0.000000867. The lowest BCUT2D eigenvalue weighted by molar-refractivity contribution is -0.139. The summed E-state index contributed by atoms with van der Waals surface area (Å²) >= 11 is 1.55. The molecule has 4 N–H and O–H groups in total. The Labute approximate surface area is 724 Å². The van der Waals surface area contributed by atoms with Gasteiger partial charge < -0.3 is 65.2 Å². The van der Waals surface area contributed by atoms with Gasteiger partial charge in [-0.1, -0.05) is 296 Å². The zero-order chi connectivity index (χ0) is 83.2. The Morgan fingerprint density at radius 3 is 1.13 bits per heavy atom. The van der Waals surface area contributed by atoms with Gasteiger partial charge in [0.2, 0.25) is 42.1 Å². The fourth-order valence-corrected chi connectivity index (χ4v) is 19.9. The van der Waals surface area contributed by atoms with Crippen LogP contribution in [0.5, 0.6) is 0 Å². The van der Waals surface area contributed by atoms with E-state index in [2.05, 4.69) is 39.0 Å². The van der Waals surface area contributed by atoms with E-state index in [-0.39, 0.29) is 80.9 Å². The average molecular weight is 1780 g/mol. The van der Waals surface area contributed by atoms with Crippen molar-refractivity contribution in [2.24, 2.45) is 11.8 Å². The van der Waals surface area contributed by atoms with Crippen LogP contribution in [-0.4, -0.2) is 186 Å². The first kappa shape index (κ1) is 113. The Kier molecular flexibility index (Phi) is 69.9. The molecule has 0 aromatic rings. The summed E-state index contributed by atoms with van der Waals surface area (Å²) in [6.45, 7) is 8.90. The normalized spacial score (nSPS) is 21.5. The summed E-state index contributed by atoms with van der Waals surface area (Å²) in [5.74, 6) is 0.908. The topological polar surface area (TPSA) is 265 Å². The van der Waals surface area contributed by atoms with E-state index in [1.54, 1.807) is 11.8 Å². The number of likely N-dealkylation sites (tertiary alicyclic amines) is 1. The molecule has 4 amide bonds. The van der Waals surface area contributed by atoms with E-state index in [4.69, 9.17) is 45.7 Å². The Morgan fingerprint density at radius 2 is 0.767 bits per heavy atom. The number of ether oxygens (including phenoxy) is 2. The second kappa shape index (κ2) is 71.5. The minimum Gasteiger partial charge on any atom is -0.373 e. The smallest absolute Gasteiger partial charge is 0.253 e. The standard InChI is InChI=1S/C41H84.C27H45NO10P2.C20H37NO9P2S.2H2S/c1-3-5-7-9-11-13-15-17-19-21-23-25-27-29-31-33-35-37-39-41-40-38-36-34-32-30-28-26-24-22-20-18-16-14-12-10-8-6-4-2;1-34-39(2,32)37-20-25-24(16-18-35-25)38-40(3,33)36-17-8-6-4-5-7-9-23(29)22-12-10-21(11-13-22)19-28-26(30)14-15-27(28)31;1-5-21-19(22)14-18(20(21)23)33-13-9-7-6-8-11-28-32(4,25)29-15-17-16(10-12-27-17)30-31(3,24)26-2;;/h3-41H2,1-2H3;14-15,21-22,24-25,32-33H,2-13,16-20H2,1H3;16-18,24-25H,3-15H2,1-2H3;2*1H2. The largest absolute Gasteiger partial charge is 0.373 e. The zero-order valence-corrected chi connectivity index (χ0v) is 79.9. The fourth-order valence-electron chi connectivity index (χ4n) is 15.4. The maximum atomic E-state index is 12.6. The van der Waals surface area contributed by atoms with Crippen LogP contribution in [0.2, 0.25) is 0 Å². The van der Waals surface area contributed by atoms with Crippen LogP contribution in [0.25, 0.3) is 0 Å². The molecule has 9 atom stereocenters. The number of imide groups is 2. The van der Waals surface area contributed by atoms with Gasteiger partial charge in [0.1, 0.15) is 18.0 Å². The summed E-state index contributed by atoms with van der Waals surface area (Å²) in [5, 5.41) is -0.239. The number of amides is 4. The third-order valence-corrected chi connectivity index (χ3v) is 28.6. The summed E-state index contributed by atoms with van der Waals surface area (Å²) < 4.78 is 53.7. The predicted octanol–water partition coefficient (Wildman–Crippen LogP) is 23.0. The molecule has 21 nitrogen and oxygen atoms in total. The molecule has 4 heterocycles. The van der Waals surface area contributed by atoms with Gasteiger partial charge in [-0.05, 0) is 95.2 Å². The van der Waals surface area contributed by atoms with E-state index in [1.807, 2.05) is 6.92 Å². The van der Waals surface area contributed by atoms with Crippen LogP contribution in [0.3, 0.4) is 0 Å². The Hall–Kier alpha value is -0.620. The average Bonchev–Trinajstić information content (AvgIpc) is 1.84. The van der Waals surface area contributed by atoms with Crippen LogP contribution in [0.4, 0.5) is 0 Å². The molecule has 4 fully saturated rings. The first-order valence-electron chi connectivity index (χ1n) is 45.7. The number of hydrogen-bond acceptors (Lipinski definition) is 20. The molecule has 0 aromatic heterocycles. The highest BCUT2D eigenvalue weighted by Gasteiger charge is 2.39. The molecule has 3 saturated heterocycles. The lowest BCUT2D eigenvalue weighted by atomic mass is 9.79. The van der Waals surface area contributed by atoms with Crippen LogP contribution in [0.15, 0.2) is 12.2 Å². The van der Waals surface area contributed by atoms with Gasteiger partial charge in [0.25, 0.3) is 11.8 Å². The number of Topliss-reactive ketones (excluding diaryl/α,β-unsaturated/α-hetero) is 1. The Bertz CT molecular complexity index is 2680. The van der Waals surface area contributed by atoms with Crippen LogP contribution >= 0.6 is 69.0 Å². The number of ketones is 1. The van der Waals surface area contributed by atoms with Crippen molar-refractivity contribution >= 4 is 124 Å². The molecule has 684 valence electrons. The second-order valence-corrected chi connectivity index (χ2v) is 41.3. The van der Waals surface area contributed by atoms with Crippen molar-refractivity contribution in [1.82, 2.24) is 9.80 Å². The van der Waals surface area contributed by atoms with Crippen molar-refractivity contribution in [2.75, 3.05) is 72.7 Å². The molecule has 4 aliphatic heterocycles. The van der Waals surface area contributed by atoms with Crippen LogP contribution in [0, 0.1) is 11.8 Å². The molecule has 0 bridgehead atoms. The molecule has 0 aromatic carbocycles. The van der Waals surface area contributed by atoms with Gasteiger partial charge in [0, 0.05) is 84.3 Å². The lowest BCUT2D eigenvalue weighted by Crippen LogP contribution is -2.36. The van der Waals surface area contributed by atoms with Gasteiger partial charge in [0.05, 0.1) is 43.9 Å². The summed E-state index contributed by atoms with van der Waals surface area (Å²) in [5.41, 5.74) is 0. The number of unbranched alkanes of at least 4 members (excludes halogenated alkanes) is 45. The highest BCUT2D eigenvalue weighted by molar-refractivity contribution is 8.00. The van der Waals surface area contributed by atoms with Crippen molar-refractivity contribution in [2.45, 2.75) is 410 Å². The lowest BCUT2D eigenvalue weighted by Gasteiger charge is -2.30. The maximum absolute atomic E-state index is 12.6. The molecule has 1 aliphatic carbocycles. The summed E-state index contributed by atoms with van der Waals surface area (Å²) in [6, 6.07) is 0. The van der Waals surface area contributed by atoms with E-state index in [0.29, 0.717) is 71.0 Å². The summed E-state index contributed by atoms with van der Waals surface area (Å²) in [4.78, 5) is 103. The van der Waals surface area contributed by atoms with Crippen molar-refractivity contribution in [3.63, 3.8) is 0 Å². The monoisotopic (exact) mass is 1780 g/mol. The van der Waals surface area contributed by atoms with Crippen LogP contribution in [0.1, 0.15) is 380 Å². The minimum atomic E-state index is -3.28. The highest BCUT2D eigenvalue weighted by Crippen LogP contribution is 2.49. The molecule has 5 aliphatic rings. The third kappa shape index (κ3) is 57.1. The first-order valence-corrected chi connectivity index (χ1v) is 53.8. The summed E-state index contributed by atoms with van der Waals surface area (Å²) in [7, 11) is -10.2. The molecular weight excluding hydrogens is 1610 g/mol. The Morgan fingerprint density at radius 1 is 0.431 bits per heavy atom. The predicted molar refractivity (Wildman–Crippen MR) is 499 cm³/mol. The second-order valence-electron chi connectivity index (χ2n) is 32.7. The number of rotatable bonds is 72. The molecule has 28 heteroatoms. The van der Waals surface area contributed by atoms with Gasteiger partial charge in [-0.25, -0.2) is 0 Å². The zero-order valence-electron chi connectivity index (χ0n) is 73.5. The molecule has 0 spiro atoms. The van der Waals surface area contributed by atoms with Crippen molar-refractivity contribution in [3.8, 4) is 0 Å². The van der Waals surface area contributed by atoms with Crippen molar-refractivity contribution in [1.29, 1.82) is 0 Å². The molecule has 9 unspecified atom stereocenters.